The molecule has 1 heterocycles. The lowest BCUT2D eigenvalue weighted by molar-refractivity contribution is 0.194. The highest BCUT2D eigenvalue weighted by molar-refractivity contribution is 6.30. The van der Waals surface area contributed by atoms with Crippen molar-refractivity contribution in [2.24, 2.45) is 0 Å². The highest BCUT2D eigenvalue weighted by Crippen LogP contribution is 2.28. The highest BCUT2D eigenvalue weighted by Gasteiger charge is 2.14. The van der Waals surface area contributed by atoms with E-state index in [4.69, 9.17) is 16.3 Å². The van der Waals surface area contributed by atoms with Gasteiger partial charge in [-0.1, -0.05) is 41.9 Å². The van der Waals surface area contributed by atoms with Crippen LogP contribution in [-0.4, -0.2) is 18.6 Å². The van der Waals surface area contributed by atoms with E-state index in [1.165, 1.54) is 0 Å². The summed E-state index contributed by atoms with van der Waals surface area (Å²) in [6, 6.07) is 13.8. The second kappa shape index (κ2) is 7.12. The van der Waals surface area contributed by atoms with Gasteiger partial charge in [-0.05, 0) is 31.3 Å². The Morgan fingerprint density at radius 1 is 1.21 bits per heavy atom. The molecule has 0 saturated heterocycles. The maximum absolute atomic E-state index is 6.04. The third kappa shape index (κ3) is 3.94. The summed E-state index contributed by atoms with van der Waals surface area (Å²) >= 11 is 6.04. The Morgan fingerprint density at radius 2 is 2.00 bits per heavy atom. The van der Waals surface area contributed by atoms with Crippen molar-refractivity contribution in [2.45, 2.75) is 12.5 Å². The van der Waals surface area contributed by atoms with Crippen LogP contribution in [0, 0.1) is 0 Å². The Kier molecular flexibility index (Phi) is 5.19. The highest BCUT2D eigenvalue weighted by atomic mass is 35.5. The number of rotatable bonds is 6. The molecule has 4 heteroatoms. The summed E-state index contributed by atoms with van der Waals surface area (Å²) in [5, 5.41) is 3.54. The number of halogens is 1. The van der Waals surface area contributed by atoms with Crippen LogP contribution in [0.3, 0.4) is 0 Å². The second-order valence-corrected chi connectivity index (χ2v) is 4.56. The number of pyridine rings is 1. The zero-order valence-electron chi connectivity index (χ0n) is 10.8. The van der Waals surface area contributed by atoms with Crippen LogP contribution in [0.4, 0.5) is 0 Å². The number of hydrogen-bond donors (Lipinski definition) is 1. The lowest BCUT2D eigenvalue weighted by Gasteiger charge is -2.20. The van der Waals surface area contributed by atoms with E-state index in [0.29, 0.717) is 10.9 Å². The first kappa shape index (κ1) is 13.8. The van der Waals surface area contributed by atoms with Gasteiger partial charge in [0, 0.05) is 12.6 Å². The zero-order valence-corrected chi connectivity index (χ0v) is 11.6. The Hall–Kier alpha value is -1.58. The molecule has 1 aromatic heterocycles. The molecular formula is C15H17ClN2O. The number of hydrogen-bond acceptors (Lipinski definition) is 3. The predicted molar refractivity (Wildman–Crippen MR) is 77.6 cm³/mol. The Morgan fingerprint density at radius 3 is 2.68 bits per heavy atom. The summed E-state index contributed by atoms with van der Waals surface area (Å²) in [5.74, 6) is 0.620. The van der Waals surface area contributed by atoms with Gasteiger partial charge in [-0.15, -0.1) is 0 Å². The van der Waals surface area contributed by atoms with E-state index >= 15 is 0 Å². The number of aromatic nitrogens is 1. The van der Waals surface area contributed by atoms with E-state index in [1.807, 2.05) is 37.4 Å². The van der Waals surface area contributed by atoms with Crippen molar-refractivity contribution in [3.05, 3.63) is 59.4 Å². The molecule has 1 aromatic carbocycles. The van der Waals surface area contributed by atoms with Gasteiger partial charge >= 0.3 is 0 Å². The maximum atomic E-state index is 6.04. The molecule has 0 saturated carbocycles. The molecule has 0 aliphatic rings. The first-order valence-electron chi connectivity index (χ1n) is 6.28. The van der Waals surface area contributed by atoms with Gasteiger partial charge in [-0.2, -0.15) is 0 Å². The van der Waals surface area contributed by atoms with Crippen molar-refractivity contribution >= 4 is 11.6 Å². The van der Waals surface area contributed by atoms with E-state index in [0.717, 1.165) is 18.5 Å². The number of ether oxygens (including phenoxy) is 1. The Balaban J connectivity index is 2.17. The van der Waals surface area contributed by atoms with Gasteiger partial charge in [0.25, 0.3) is 0 Å². The zero-order chi connectivity index (χ0) is 13.5. The van der Waals surface area contributed by atoms with Crippen LogP contribution in [0.5, 0.6) is 5.75 Å². The van der Waals surface area contributed by atoms with Crippen molar-refractivity contribution < 1.29 is 4.74 Å². The third-order valence-electron chi connectivity index (χ3n) is 2.82. The molecular weight excluding hydrogens is 260 g/mol. The van der Waals surface area contributed by atoms with Crippen molar-refractivity contribution in [1.82, 2.24) is 10.3 Å². The fourth-order valence-electron chi connectivity index (χ4n) is 1.85. The Labute approximate surface area is 118 Å². The fourth-order valence-corrected chi connectivity index (χ4v) is 2.01. The molecule has 0 amide bonds. The molecule has 0 radical (unpaired) electrons. The molecule has 2 aromatic rings. The monoisotopic (exact) mass is 276 g/mol. The van der Waals surface area contributed by atoms with E-state index in [1.54, 1.807) is 6.20 Å². The van der Waals surface area contributed by atoms with Crippen LogP contribution in [-0.2, 0) is 0 Å². The Bertz CT molecular complexity index is 505. The molecule has 1 N–H and O–H groups in total. The minimum Gasteiger partial charge on any atom is -0.482 e. The van der Waals surface area contributed by atoms with Gasteiger partial charge in [-0.3, -0.25) is 0 Å². The molecule has 2 rings (SSSR count). The lowest BCUT2D eigenvalue weighted by Crippen LogP contribution is -2.16. The molecule has 0 aliphatic heterocycles. The predicted octanol–water partition coefficient (Wildman–Crippen LogP) is 3.46. The number of nitrogens with zero attached hydrogens (tertiary/aromatic N) is 1. The average molecular weight is 277 g/mol. The van der Waals surface area contributed by atoms with Gasteiger partial charge < -0.3 is 10.1 Å². The van der Waals surface area contributed by atoms with E-state index in [9.17, 15) is 0 Å². The van der Waals surface area contributed by atoms with E-state index in [2.05, 4.69) is 22.4 Å². The minimum atomic E-state index is -0.0321. The molecule has 3 nitrogen and oxygen atoms in total. The van der Waals surface area contributed by atoms with Crippen molar-refractivity contribution in [3.8, 4) is 5.75 Å². The first-order chi connectivity index (χ1) is 9.31. The van der Waals surface area contributed by atoms with Crippen LogP contribution >= 0.6 is 11.6 Å². The normalized spacial score (nSPS) is 12.1. The SMILES string of the molecule is CNCCC(Oc1cccnc1Cl)c1ccccc1. The average Bonchev–Trinajstić information content (AvgIpc) is 2.46. The molecule has 100 valence electrons. The number of benzene rings is 1. The molecule has 1 unspecified atom stereocenters. The minimum absolute atomic E-state index is 0.0321. The summed E-state index contributed by atoms with van der Waals surface area (Å²) in [6.07, 6.45) is 2.49. The smallest absolute Gasteiger partial charge is 0.171 e. The molecule has 19 heavy (non-hydrogen) atoms. The van der Waals surface area contributed by atoms with Crippen molar-refractivity contribution in [1.29, 1.82) is 0 Å². The van der Waals surface area contributed by atoms with Crippen molar-refractivity contribution in [2.75, 3.05) is 13.6 Å². The van der Waals surface area contributed by atoms with Crippen LogP contribution in [0.1, 0.15) is 18.1 Å². The first-order valence-corrected chi connectivity index (χ1v) is 6.66. The quantitative estimate of drug-likeness (QED) is 0.821. The molecule has 1 atom stereocenters. The van der Waals surface area contributed by atoms with Gasteiger partial charge in [0.15, 0.2) is 10.9 Å². The lowest BCUT2D eigenvalue weighted by atomic mass is 10.1. The fraction of sp³-hybridized carbons (Fsp3) is 0.267. The van der Waals surface area contributed by atoms with E-state index in [-0.39, 0.29) is 6.10 Å². The number of nitrogens with one attached hydrogen (secondary N) is 1. The van der Waals surface area contributed by atoms with Crippen LogP contribution in [0.15, 0.2) is 48.7 Å². The standard InChI is InChI=1S/C15H17ClN2O/c1-17-11-9-13(12-6-3-2-4-7-12)19-14-8-5-10-18-15(14)16/h2-8,10,13,17H,9,11H2,1H3. The maximum Gasteiger partial charge on any atom is 0.171 e. The van der Waals surface area contributed by atoms with Gasteiger partial charge in [-0.25, -0.2) is 4.98 Å². The summed E-state index contributed by atoms with van der Waals surface area (Å²) < 4.78 is 6.00. The topological polar surface area (TPSA) is 34.1 Å². The van der Waals surface area contributed by atoms with Gasteiger partial charge in [0.1, 0.15) is 6.10 Å². The molecule has 0 bridgehead atoms. The summed E-state index contributed by atoms with van der Waals surface area (Å²) in [4.78, 5) is 4.03. The summed E-state index contributed by atoms with van der Waals surface area (Å²) in [5.41, 5.74) is 1.14. The largest absolute Gasteiger partial charge is 0.482 e. The second-order valence-electron chi connectivity index (χ2n) is 4.20. The summed E-state index contributed by atoms with van der Waals surface area (Å²) in [6.45, 7) is 0.872. The van der Waals surface area contributed by atoms with Crippen LogP contribution in [0.2, 0.25) is 5.15 Å². The summed E-state index contributed by atoms with van der Waals surface area (Å²) in [7, 11) is 1.93. The van der Waals surface area contributed by atoms with Gasteiger partial charge in [0.05, 0.1) is 0 Å². The van der Waals surface area contributed by atoms with Crippen molar-refractivity contribution in [3.63, 3.8) is 0 Å². The van der Waals surface area contributed by atoms with E-state index < -0.39 is 0 Å². The van der Waals surface area contributed by atoms with Gasteiger partial charge in [0.2, 0.25) is 0 Å². The molecule has 0 fully saturated rings. The molecule has 0 spiro atoms. The van der Waals surface area contributed by atoms with Crippen LogP contribution < -0.4 is 10.1 Å². The third-order valence-corrected chi connectivity index (χ3v) is 3.11. The van der Waals surface area contributed by atoms with Crippen LogP contribution in [0.25, 0.3) is 0 Å². The molecule has 0 aliphatic carbocycles.